The highest BCUT2D eigenvalue weighted by atomic mass is 16.7. The summed E-state index contributed by atoms with van der Waals surface area (Å²) in [5, 5.41) is 4.42. The van der Waals surface area contributed by atoms with Gasteiger partial charge in [0.1, 0.15) is 5.60 Å². The average Bonchev–Trinajstić information content (AvgIpc) is 2.69. The number of hydrogen-bond donors (Lipinski definition) is 0. The van der Waals surface area contributed by atoms with Gasteiger partial charge in [0.2, 0.25) is 0 Å². The van der Waals surface area contributed by atoms with Crippen LogP contribution in [0.4, 0.5) is 0 Å². The molecule has 2 aliphatic rings. The summed E-state index contributed by atoms with van der Waals surface area (Å²) in [6.45, 7) is 9.59. The SMILES string of the molecule is CB1OC(C)(C)C(C)(c2cnn(C3COC3)c2)O1. The number of hydrogen-bond acceptors (Lipinski definition) is 4. The van der Waals surface area contributed by atoms with Gasteiger partial charge in [-0.05, 0) is 27.6 Å². The van der Waals surface area contributed by atoms with E-state index in [1.54, 1.807) is 0 Å². The van der Waals surface area contributed by atoms with E-state index >= 15 is 0 Å². The zero-order chi connectivity index (χ0) is 13.0. The Labute approximate surface area is 108 Å². The molecule has 1 atom stereocenters. The molecule has 3 heterocycles. The summed E-state index contributed by atoms with van der Waals surface area (Å²) >= 11 is 0. The maximum absolute atomic E-state index is 5.99. The van der Waals surface area contributed by atoms with Gasteiger partial charge in [0.15, 0.2) is 0 Å². The second-order valence-electron chi connectivity index (χ2n) is 5.75. The fourth-order valence-corrected chi connectivity index (χ4v) is 2.60. The molecular formula is C12H19BN2O3. The Hall–Kier alpha value is -0.845. The molecule has 0 bridgehead atoms. The van der Waals surface area contributed by atoms with Gasteiger partial charge >= 0.3 is 7.12 Å². The second-order valence-corrected chi connectivity index (χ2v) is 5.75. The predicted molar refractivity (Wildman–Crippen MR) is 67.3 cm³/mol. The van der Waals surface area contributed by atoms with E-state index in [0.717, 1.165) is 18.8 Å². The Morgan fingerprint density at radius 2 is 2.06 bits per heavy atom. The molecule has 3 rings (SSSR count). The molecular weight excluding hydrogens is 231 g/mol. The third-order valence-corrected chi connectivity index (χ3v) is 4.16. The molecule has 0 spiro atoms. The van der Waals surface area contributed by atoms with Crippen molar-refractivity contribution in [2.24, 2.45) is 0 Å². The summed E-state index contributed by atoms with van der Waals surface area (Å²) in [6, 6.07) is 0.366. The minimum atomic E-state index is -0.463. The van der Waals surface area contributed by atoms with E-state index in [9.17, 15) is 0 Å². The van der Waals surface area contributed by atoms with Gasteiger partial charge in [0.25, 0.3) is 0 Å². The van der Waals surface area contributed by atoms with Crippen LogP contribution in [0.15, 0.2) is 12.4 Å². The lowest BCUT2D eigenvalue weighted by atomic mass is 9.83. The van der Waals surface area contributed by atoms with Gasteiger partial charge in [0, 0.05) is 11.8 Å². The Bertz CT molecular complexity index is 458. The summed E-state index contributed by atoms with van der Waals surface area (Å²) in [6.07, 6.45) is 3.93. The van der Waals surface area contributed by atoms with Crippen LogP contribution in [0.1, 0.15) is 32.4 Å². The standard InChI is InChI=1S/C12H19BN2O3/c1-11(2)12(3,18-13(4)17-11)9-5-14-15(6-9)10-7-16-8-10/h5-6,10H,7-8H2,1-4H3. The fraction of sp³-hybridized carbons (Fsp3) is 0.750. The molecule has 1 unspecified atom stereocenters. The second kappa shape index (κ2) is 3.82. The quantitative estimate of drug-likeness (QED) is 0.748. The van der Waals surface area contributed by atoms with E-state index in [0.29, 0.717) is 6.04 Å². The van der Waals surface area contributed by atoms with Crippen molar-refractivity contribution < 1.29 is 14.0 Å². The Kier molecular flexibility index (Phi) is 2.59. The summed E-state index contributed by atoms with van der Waals surface area (Å²) in [5.74, 6) is 0. The van der Waals surface area contributed by atoms with E-state index in [1.807, 2.05) is 17.7 Å². The molecule has 0 aliphatic carbocycles. The number of nitrogens with zero attached hydrogens (tertiary/aromatic N) is 2. The third kappa shape index (κ3) is 1.63. The zero-order valence-corrected chi connectivity index (χ0v) is 11.3. The number of rotatable bonds is 2. The molecule has 1 aromatic rings. The minimum Gasteiger partial charge on any atom is -0.403 e. The van der Waals surface area contributed by atoms with Crippen LogP contribution in [-0.2, 0) is 19.6 Å². The van der Waals surface area contributed by atoms with E-state index < -0.39 is 5.60 Å². The van der Waals surface area contributed by atoms with Crippen LogP contribution < -0.4 is 0 Å². The normalized spacial score (nSPS) is 31.7. The molecule has 2 saturated heterocycles. The molecule has 0 amide bonds. The van der Waals surface area contributed by atoms with Crippen LogP contribution in [0.2, 0.25) is 6.82 Å². The van der Waals surface area contributed by atoms with Crippen molar-refractivity contribution in [1.82, 2.24) is 9.78 Å². The van der Waals surface area contributed by atoms with Gasteiger partial charge in [-0.25, -0.2) is 0 Å². The van der Waals surface area contributed by atoms with Crippen LogP contribution in [0, 0.1) is 0 Å². The molecule has 0 saturated carbocycles. The van der Waals surface area contributed by atoms with Gasteiger partial charge in [-0.3, -0.25) is 4.68 Å². The first-order chi connectivity index (χ1) is 8.42. The van der Waals surface area contributed by atoms with Gasteiger partial charge in [-0.15, -0.1) is 0 Å². The first-order valence-electron chi connectivity index (χ1n) is 6.40. The highest BCUT2D eigenvalue weighted by Crippen LogP contribution is 2.44. The lowest BCUT2D eigenvalue weighted by Gasteiger charge is -2.35. The first-order valence-corrected chi connectivity index (χ1v) is 6.40. The van der Waals surface area contributed by atoms with Crippen LogP contribution in [-0.4, -0.2) is 35.7 Å². The molecule has 0 aromatic carbocycles. The number of aromatic nitrogens is 2. The van der Waals surface area contributed by atoms with Gasteiger partial charge in [0.05, 0.1) is 31.1 Å². The number of ether oxygens (including phenoxy) is 1. The van der Waals surface area contributed by atoms with Gasteiger partial charge in [-0.2, -0.15) is 5.10 Å². The molecule has 18 heavy (non-hydrogen) atoms. The zero-order valence-electron chi connectivity index (χ0n) is 11.3. The molecule has 1 aromatic heterocycles. The van der Waals surface area contributed by atoms with Crippen molar-refractivity contribution in [3.05, 3.63) is 18.0 Å². The summed E-state index contributed by atoms with van der Waals surface area (Å²) < 4.78 is 19.0. The summed E-state index contributed by atoms with van der Waals surface area (Å²) in [5.41, 5.74) is 0.231. The molecule has 0 N–H and O–H groups in total. The highest BCUT2D eigenvalue weighted by molar-refractivity contribution is 6.43. The summed E-state index contributed by atoms with van der Waals surface area (Å²) in [4.78, 5) is 0. The smallest absolute Gasteiger partial charge is 0.403 e. The van der Waals surface area contributed by atoms with Crippen molar-refractivity contribution >= 4 is 7.12 Å². The minimum absolute atomic E-state index is 0.194. The van der Waals surface area contributed by atoms with Crippen LogP contribution in [0.3, 0.4) is 0 Å². The Morgan fingerprint density at radius 3 is 2.56 bits per heavy atom. The van der Waals surface area contributed by atoms with Gasteiger partial charge < -0.3 is 14.0 Å². The third-order valence-electron chi connectivity index (χ3n) is 4.16. The van der Waals surface area contributed by atoms with Crippen LogP contribution >= 0.6 is 0 Å². The van der Waals surface area contributed by atoms with Crippen LogP contribution in [0.5, 0.6) is 0 Å². The average molecular weight is 250 g/mol. The molecule has 2 aliphatic heterocycles. The van der Waals surface area contributed by atoms with Crippen LogP contribution in [0.25, 0.3) is 0 Å². The van der Waals surface area contributed by atoms with Gasteiger partial charge in [-0.1, -0.05) is 0 Å². The molecule has 0 radical (unpaired) electrons. The molecule has 2 fully saturated rings. The molecule has 5 nitrogen and oxygen atoms in total. The maximum atomic E-state index is 5.99. The van der Waals surface area contributed by atoms with E-state index in [4.69, 9.17) is 14.0 Å². The Morgan fingerprint density at radius 1 is 1.33 bits per heavy atom. The Balaban J connectivity index is 1.91. The largest absolute Gasteiger partial charge is 0.454 e. The summed E-state index contributed by atoms with van der Waals surface area (Å²) in [7, 11) is -0.194. The molecule has 6 heteroatoms. The maximum Gasteiger partial charge on any atom is 0.454 e. The van der Waals surface area contributed by atoms with Crippen molar-refractivity contribution in [3.63, 3.8) is 0 Å². The fourth-order valence-electron chi connectivity index (χ4n) is 2.60. The van der Waals surface area contributed by atoms with E-state index in [2.05, 4.69) is 32.1 Å². The van der Waals surface area contributed by atoms with Crippen molar-refractivity contribution in [3.8, 4) is 0 Å². The first kappa shape index (κ1) is 12.2. The van der Waals surface area contributed by atoms with Crippen molar-refractivity contribution in [2.45, 2.75) is 44.8 Å². The van der Waals surface area contributed by atoms with Crippen molar-refractivity contribution in [1.29, 1.82) is 0 Å². The highest BCUT2D eigenvalue weighted by Gasteiger charge is 2.54. The molecule has 98 valence electrons. The predicted octanol–water partition coefficient (Wildman–Crippen LogP) is 1.61. The van der Waals surface area contributed by atoms with E-state index in [1.165, 1.54) is 0 Å². The van der Waals surface area contributed by atoms with E-state index in [-0.39, 0.29) is 12.7 Å². The van der Waals surface area contributed by atoms with Crippen molar-refractivity contribution in [2.75, 3.05) is 13.2 Å². The lowest BCUT2D eigenvalue weighted by Crippen LogP contribution is -2.42. The topological polar surface area (TPSA) is 45.5 Å². The lowest BCUT2D eigenvalue weighted by molar-refractivity contribution is -0.0297. The monoisotopic (exact) mass is 250 g/mol.